The summed E-state index contributed by atoms with van der Waals surface area (Å²) in [5.41, 5.74) is 5.61. The summed E-state index contributed by atoms with van der Waals surface area (Å²) in [6.45, 7) is 2.05. The van der Waals surface area contributed by atoms with Crippen molar-refractivity contribution in [3.63, 3.8) is 0 Å². The number of non-ortho nitro benzene ring substituents is 2. The molecule has 0 aromatic heterocycles. The molecule has 2 atom stereocenters. The molecule has 0 N–H and O–H groups in total. The van der Waals surface area contributed by atoms with Gasteiger partial charge in [0.15, 0.2) is 0 Å². The maximum Gasteiger partial charge on any atom is 2.00 e. The number of benzene rings is 4. The van der Waals surface area contributed by atoms with E-state index in [1.807, 2.05) is 43.3 Å². The summed E-state index contributed by atoms with van der Waals surface area (Å²) in [6.07, 6.45) is 7.50. The Labute approximate surface area is 277 Å². The molecule has 7 nitrogen and oxygen atoms in total. The van der Waals surface area contributed by atoms with E-state index in [-0.39, 0.29) is 76.5 Å². The van der Waals surface area contributed by atoms with Crippen LogP contribution in [-0.4, -0.2) is 17.0 Å². The maximum absolute atomic E-state index is 11.3. The molecule has 239 valence electrons. The second-order valence-electron chi connectivity index (χ2n) is 11.3. The molecule has 45 heavy (non-hydrogen) atoms. The second kappa shape index (κ2) is 16.9. The summed E-state index contributed by atoms with van der Waals surface area (Å²) < 4.78 is 5.37. The van der Waals surface area contributed by atoms with Crippen molar-refractivity contribution in [2.24, 2.45) is 0 Å². The van der Waals surface area contributed by atoms with Crippen molar-refractivity contribution in [1.82, 2.24) is 0 Å². The zero-order valence-electron chi connectivity index (χ0n) is 26.4. The van der Waals surface area contributed by atoms with Gasteiger partial charge < -0.3 is 19.6 Å². The first-order valence-corrected chi connectivity index (χ1v) is 14.6. The van der Waals surface area contributed by atoms with Gasteiger partial charge in [0.25, 0.3) is 11.4 Å². The molecule has 2 aliphatic carbocycles. The van der Waals surface area contributed by atoms with Crippen LogP contribution in [0.2, 0.25) is 0 Å². The Morgan fingerprint density at radius 1 is 0.533 bits per heavy atom. The van der Waals surface area contributed by atoms with Crippen molar-refractivity contribution in [1.29, 1.82) is 0 Å². The molecular weight excluding hydrogens is 611 g/mol. The van der Waals surface area contributed by atoms with E-state index >= 15 is 0 Å². The number of rotatable bonds is 7. The van der Waals surface area contributed by atoms with Gasteiger partial charge in [-0.3, -0.25) is 20.2 Å². The topological polar surface area (TPSA) is 95.5 Å². The van der Waals surface area contributed by atoms with Crippen LogP contribution in [-0.2, 0) is 16.8 Å². The number of nitrogens with zero attached hydrogens (tertiary/aromatic N) is 2. The van der Waals surface area contributed by atoms with Gasteiger partial charge in [-0.05, 0) is 65.0 Å². The number of aryl methyl sites for hydroxylation is 1. The normalized spacial score (nSPS) is 19.6. The predicted octanol–water partition coefficient (Wildman–Crippen LogP) is 10.1. The number of hydrogen-bond acceptors (Lipinski definition) is 5. The Morgan fingerprint density at radius 3 is 1.07 bits per heavy atom. The minimum Gasteiger partial charge on any atom is -0.497 e. The standard InChI is InChI=1S/C30H26N2O5.C5H10.2CH3.Co/c1-19-3-5-20(6-4-19)27-28(21-7-13-24(14-8-21)31(33)34)30(23-11-17-26(37-2)18-12-23)29(27)22-9-15-25(16-10-22)32(35)36;1-2-4-5-3-1;;;/h3-18,27-30H,1-2H3;1-5H2;2*1H3;/q;;2*-1;+2. The fourth-order valence-electron chi connectivity index (χ4n) is 6.54. The molecule has 0 saturated heterocycles. The van der Waals surface area contributed by atoms with Crippen molar-refractivity contribution in [2.45, 2.75) is 62.7 Å². The largest absolute Gasteiger partial charge is 2.00 e. The molecule has 0 spiro atoms. The summed E-state index contributed by atoms with van der Waals surface area (Å²) in [5, 5.41) is 22.6. The van der Waals surface area contributed by atoms with Crippen LogP contribution in [0.4, 0.5) is 11.4 Å². The molecule has 2 unspecified atom stereocenters. The van der Waals surface area contributed by atoms with E-state index < -0.39 is 0 Å². The second-order valence-corrected chi connectivity index (χ2v) is 11.3. The van der Waals surface area contributed by atoms with Crippen molar-refractivity contribution >= 4 is 11.4 Å². The van der Waals surface area contributed by atoms with Crippen molar-refractivity contribution < 1.29 is 31.4 Å². The van der Waals surface area contributed by atoms with Crippen LogP contribution in [0.1, 0.15) is 83.6 Å². The van der Waals surface area contributed by atoms with Crippen LogP contribution in [0.15, 0.2) is 97.1 Å². The van der Waals surface area contributed by atoms with Gasteiger partial charge in [-0.2, -0.15) is 0 Å². The van der Waals surface area contributed by atoms with Crippen molar-refractivity contribution in [3.8, 4) is 5.75 Å². The van der Waals surface area contributed by atoms with Crippen molar-refractivity contribution in [3.05, 3.63) is 160 Å². The molecule has 6 rings (SSSR count). The predicted molar refractivity (Wildman–Crippen MR) is 177 cm³/mol. The molecule has 1 radical (unpaired) electrons. The first-order valence-electron chi connectivity index (χ1n) is 14.6. The zero-order valence-corrected chi connectivity index (χ0v) is 27.4. The molecule has 0 amide bonds. The third kappa shape index (κ3) is 8.38. The Hall–Kier alpha value is -4.01. The van der Waals surface area contributed by atoms with E-state index in [2.05, 4.69) is 36.4 Å². The molecule has 2 saturated carbocycles. The molecule has 4 aromatic rings. The van der Waals surface area contributed by atoms with Crippen LogP contribution >= 0.6 is 0 Å². The summed E-state index contributed by atoms with van der Waals surface area (Å²) >= 11 is 0. The first kappa shape index (κ1) is 37.2. The molecule has 4 aromatic carbocycles. The fraction of sp³-hybridized carbons (Fsp3) is 0.297. The quantitative estimate of drug-likeness (QED) is 0.112. The van der Waals surface area contributed by atoms with Crippen LogP contribution in [0.5, 0.6) is 5.75 Å². The van der Waals surface area contributed by atoms with Crippen LogP contribution in [0.3, 0.4) is 0 Å². The van der Waals surface area contributed by atoms with Crippen LogP contribution < -0.4 is 4.74 Å². The van der Waals surface area contributed by atoms with E-state index in [4.69, 9.17) is 4.74 Å². The van der Waals surface area contributed by atoms with Crippen molar-refractivity contribution in [2.75, 3.05) is 7.11 Å². The Morgan fingerprint density at radius 2 is 0.800 bits per heavy atom. The van der Waals surface area contributed by atoms with E-state index in [1.165, 1.54) is 37.7 Å². The minimum absolute atomic E-state index is 0. The summed E-state index contributed by atoms with van der Waals surface area (Å²) in [6, 6.07) is 30.1. The third-order valence-electron chi connectivity index (χ3n) is 8.74. The molecule has 2 aliphatic rings. The molecule has 0 heterocycles. The monoisotopic (exact) mass is 653 g/mol. The zero-order chi connectivity index (χ0) is 29.6. The smallest absolute Gasteiger partial charge is 0.497 e. The number of nitro benzene ring substituents is 2. The Balaban J connectivity index is 0.000000805. The maximum atomic E-state index is 11.3. The summed E-state index contributed by atoms with van der Waals surface area (Å²) in [5.74, 6) is 1.00. The van der Waals surface area contributed by atoms with Gasteiger partial charge in [0.2, 0.25) is 0 Å². The van der Waals surface area contributed by atoms with Crippen LogP contribution in [0, 0.1) is 42.0 Å². The summed E-state index contributed by atoms with van der Waals surface area (Å²) in [7, 11) is 1.63. The molecular formula is C37H42CoN2O5. The van der Waals surface area contributed by atoms with E-state index in [0.717, 1.165) is 28.0 Å². The van der Waals surface area contributed by atoms with Gasteiger partial charge in [-0.1, -0.05) is 98.3 Å². The van der Waals surface area contributed by atoms with Crippen LogP contribution in [0.25, 0.3) is 0 Å². The Bertz CT molecular complexity index is 1430. The minimum atomic E-state index is -0.386. The number of nitro groups is 2. The SMILES string of the molecule is C1CCCC1.COc1ccc(C2C(c3ccc([N+](=O)[O-])cc3)C(c3ccc(C)cc3)C2c2ccc([N+](=O)[O-])cc2)cc1.[CH3-].[CH3-].[Co+2]. The number of hydrogen-bond donors (Lipinski definition) is 0. The van der Waals surface area contributed by atoms with Gasteiger partial charge in [0.05, 0.1) is 17.0 Å². The van der Waals surface area contributed by atoms with E-state index in [1.54, 1.807) is 31.4 Å². The molecule has 8 heteroatoms. The Kier molecular flexibility index (Phi) is 14.0. The first-order chi connectivity index (χ1) is 20.4. The number of ether oxygens (including phenoxy) is 1. The fourth-order valence-corrected chi connectivity index (χ4v) is 6.54. The summed E-state index contributed by atoms with van der Waals surface area (Å²) in [4.78, 5) is 21.8. The molecule has 2 fully saturated rings. The average Bonchev–Trinajstić information content (AvgIpc) is 3.59. The van der Waals surface area contributed by atoms with Gasteiger partial charge in [-0.25, -0.2) is 0 Å². The average molecular weight is 654 g/mol. The molecule has 0 bridgehead atoms. The molecule has 0 aliphatic heterocycles. The third-order valence-corrected chi connectivity index (χ3v) is 8.74. The van der Waals surface area contributed by atoms with Gasteiger partial charge in [0.1, 0.15) is 5.75 Å². The van der Waals surface area contributed by atoms with Gasteiger partial charge in [-0.15, -0.1) is 0 Å². The van der Waals surface area contributed by atoms with Gasteiger partial charge >= 0.3 is 16.8 Å². The van der Waals surface area contributed by atoms with Gasteiger partial charge in [0, 0.05) is 24.3 Å². The van der Waals surface area contributed by atoms with E-state index in [0.29, 0.717) is 0 Å². The number of methoxy groups -OCH3 is 1. The van der Waals surface area contributed by atoms with E-state index in [9.17, 15) is 20.2 Å².